The molecule has 3 rings (SSSR count). The summed E-state index contributed by atoms with van der Waals surface area (Å²) in [5, 5.41) is 0.538. The quantitative estimate of drug-likeness (QED) is 0.732. The Morgan fingerprint density at radius 3 is 2.83 bits per heavy atom. The molecule has 0 amide bonds. The third kappa shape index (κ3) is 1.89. The van der Waals surface area contributed by atoms with Crippen LogP contribution in [0.3, 0.4) is 0 Å². The van der Waals surface area contributed by atoms with E-state index in [0.717, 1.165) is 41.6 Å². The molecule has 0 saturated carbocycles. The first-order valence-electron chi connectivity index (χ1n) is 5.97. The monoisotopic (exact) mass is 262 g/mol. The van der Waals surface area contributed by atoms with Gasteiger partial charge >= 0.3 is 0 Å². The van der Waals surface area contributed by atoms with Gasteiger partial charge in [-0.2, -0.15) is 0 Å². The zero-order valence-electron chi connectivity index (χ0n) is 10.0. The largest absolute Gasteiger partial charge is 0.233 e. The molecule has 0 radical (unpaired) electrons. The Bertz CT molecular complexity index is 625. The van der Waals surface area contributed by atoms with E-state index in [2.05, 4.69) is 9.97 Å². The van der Waals surface area contributed by atoms with Crippen LogP contribution in [0.15, 0.2) is 18.2 Å². The first-order chi connectivity index (χ1) is 8.65. The second kappa shape index (κ2) is 4.32. The maximum absolute atomic E-state index is 13.1. The summed E-state index contributed by atoms with van der Waals surface area (Å²) in [6.07, 6.45) is 2.98. The Morgan fingerprint density at radius 1 is 1.22 bits per heavy atom. The van der Waals surface area contributed by atoms with Gasteiger partial charge < -0.3 is 0 Å². The van der Waals surface area contributed by atoms with E-state index < -0.39 is 0 Å². The van der Waals surface area contributed by atoms with Crippen LogP contribution >= 0.6 is 11.6 Å². The summed E-state index contributed by atoms with van der Waals surface area (Å²) in [5.41, 5.74) is 3.77. The van der Waals surface area contributed by atoms with Gasteiger partial charge in [-0.15, -0.1) is 0 Å². The highest BCUT2D eigenvalue weighted by Gasteiger charge is 2.19. The summed E-state index contributed by atoms with van der Waals surface area (Å²) in [7, 11) is 0. The highest BCUT2D eigenvalue weighted by Crippen LogP contribution is 2.30. The maximum Gasteiger partial charge on any atom is 0.161 e. The van der Waals surface area contributed by atoms with Gasteiger partial charge in [-0.3, -0.25) is 0 Å². The van der Waals surface area contributed by atoms with Crippen LogP contribution in [0.5, 0.6) is 0 Å². The number of rotatable bonds is 1. The van der Waals surface area contributed by atoms with Crippen molar-refractivity contribution >= 4 is 11.6 Å². The normalized spacial score (nSPS) is 13.7. The van der Waals surface area contributed by atoms with Crippen molar-refractivity contribution in [2.45, 2.75) is 26.2 Å². The van der Waals surface area contributed by atoms with Crippen LogP contribution < -0.4 is 0 Å². The van der Waals surface area contributed by atoms with Gasteiger partial charge in [0, 0.05) is 16.8 Å². The molecule has 1 heterocycles. The first kappa shape index (κ1) is 11.6. The van der Waals surface area contributed by atoms with E-state index in [9.17, 15) is 4.39 Å². The minimum atomic E-state index is -0.247. The summed E-state index contributed by atoms with van der Waals surface area (Å²) >= 11 is 6.18. The van der Waals surface area contributed by atoms with Gasteiger partial charge in [0.05, 0.1) is 0 Å². The molecule has 18 heavy (non-hydrogen) atoms. The topological polar surface area (TPSA) is 25.8 Å². The fraction of sp³-hybridized carbons (Fsp3) is 0.286. The van der Waals surface area contributed by atoms with Gasteiger partial charge in [0.2, 0.25) is 0 Å². The van der Waals surface area contributed by atoms with Crippen LogP contribution in [0.1, 0.15) is 23.2 Å². The van der Waals surface area contributed by atoms with Crippen molar-refractivity contribution in [3.05, 3.63) is 46.0 Å². The number of fused-ring (bicyclic) bond motifs is 1. The molecule has 0 atom stereocenters. The Hall–Kier alpha value is -1.48. The summed E-state index contributed by atoms with van der Waals surface area (Å²) in [6.45, 7) is 1.85. The molecule has 0 aliphatic heterocycles. The third-order valence-electron chi connectivity index (χ3n) is 3.31. The maximum atomic E-state index is 13.1. The van der Waals surface area contributed by atoms with Crippen LogP contribution in [0.4, 0.5) is 4.39 Å². The van der Waals surface area contributed by atoms with E-state index in [1.54, 1.807) is 6.07 Å². The predicted octanol–water partition coefficient (Wildman–Crippen LogP) is 3.73. The standard InChI is InChI=1S/C14H12ClFN2/c1-8-7-9(16)5-6-10(8)14-17-12-4-2-3-11(12)13(15)18-14/h5-7H,2-4H2,1H3. The number of halogens is 2. The third-order valence-corrected chi connectivity index (χ3v) is 3.62. The lowest BCUT2D eigenvalue weighted by Crippen LogP contribution is -1.98. The van der Waals surface area contributed by atoms with Gasteiger partial charge in [0.25, 0.3) is 0 Å². The Balaban J connectivity index is 2.15. The molecule has 1 aliphatic carbocycles. The molecule has 0 fully saturated rings. The molecule has 1 aromatic carbocycles. The van der Waals surface area contributed by atoms with Crippen molar-refractivity contribution in [3.8, 4) is 11.4 Å². The smallest absolute Gasteiger partial charge is 0.161 e. The van der Waals surface area contributed by atoms with Crippen molar-refractivity contribution in [2.75, 3.05) is 0 Å². The van der Waals surface area contributed by atoms with Crippen molar-refractivity contribution in [3.63, 3.8) is 0 Å². The minimum Gasteiger partial charge on any atom is -0.233 e. The van der Waals surface area contributed by atoms with E-state index in [4.69, 9.17) is 11.6 Å². The lowest BCUT2D eigenvalue weighted by Gasteiger charge is -2.08. The molecule has 0 saturated heterocycles. The molecule has 4 heteroatoms. The Morgan fingerprint density at radius 2 is 2.06 bits per heavy atom. The summed E-state index contributed by atoms with van der Waals surface area (Å²) in [6, 6.07) is 4.62. The lowest BCUT2D eigenvalue weighted by molar-refractivity contribution is 0.627. The summed E-state index contributed by atoms with van der Waals surface area (Å²) < 4.78 is 13.1. The lowest BCUT2D eigenvalue weighted by atomic mass is 10.1. The van der Waals surface area contributed by atoms with E-state index in [1.165, 1.54) is 12.1 Å². The molecule has 0 N–H and O–H groups in total. The van der Waals surface area contributed by atoms with E-state index in [0.29, 0.717) is 11.0 Å². The summed E-state index contributed by atoms with van der Waals surface area (Å²) in [4.78, 5) is 8.89. The number of benzene rings is 1. The zero-order chi connectivity index (χ0) is 12.7. The second-order valence-electron chi connectivity index (χ2n) is 4.58. The fourth-order valence-corrected chi connectivity index (χ4v) is 2.67. The van der Waals surface area contributed by atoms with E-state index >= 15 is 0 Å². The van der Waals surface area contributed by atoms with Crippen molar-refractivity contribution in [1.82, 2.24) is 9.97 Å². The molecule has 0 spiro atoms. The molecule has 2 aromatic rings. The van der Waals surface area contributed by atoms with Gasteiger partial charge in [-0.1, -0.05) is 11.6 Å². The number of nitrogens with zero attached hydrogens (tertiary/aromatic N) is 2. The fourth-order valence-electron chi connectivity index (χ4n) is 2.39. The highest BCUT2D eigenvalue weighted by molar-refractivity contribution is 6.30. The molecule has 2 nitrogen and oxygen atoms in total. The van der Waals surface area contributed by atoms with E-state index in [1.807, 2.05) is 6.92 Å². The Labute approximate surface area is 110 Å². The van der Waals surface area contributed by atoms with Crippen molar-refractivity contribution < 1.29 is 4.39 Å². The average molecular weight is 263 g/mol. The first-order valence-corrected chi connectivity index (χ1v) is 6.35. The van der Waals surface area contributed by atoms with Crippen molar-refractivity contribution in [1.29, 1.82) is 0 Å². The molecule has 92 valence electrons. The molecule has 0 bridgehead atoms. The number of hydrogen-bond donors (Lipinski definition) is 0. The Kier molecular flexibility index (Phi) is 2.78. The minimum absolute atomic E-state index is 0.247. The van der Waals surface area contributed by atoms with Crippen LogP contribution in [0.2, 0.25) is 5.15 Å². The summed E-state index contributed by atoms with van der Waals surface area (Å²) in [5.74, 6) is 0.349. The van der Waals surface area contributed by atoms with Crippen molar-refractivity contribution in [2.24, 2.45) is 0 Å². The van der Waals surface area contributed by atoms with Crippen LogP contribution in [-0.2, 0) is 12.8 Å². The van der Waals surface area contributed by atoms with Gasteiger partial charge in [-0.05, 0) is 49.9 Å². The number of aromatic nitrogens is 2. The average Bonchev–Trinajstić information content (AvgIpc) is 2.77. The molecule has 0 unspecified atom stereocenters. The SMILES string of the molecule is Cc1cc(F)ccc1-c1nc(Cl)c2c(n1)CCC2. The molecule has 1 aromatic heterocycles. The predicted molar refractivity (Wildman–Crippen MR) is 69.2 cm³/mol. The highest BCUT2D eigenvalue weighted by atomic mass is 35.5. The van der Waals surface area contributed by atoms with Gasteiger partial charge in [0.1, 0.15) is 11.0 Å². The van der Waals surface area contributed by atoms with Crippen LogP contribution in [0.25, 0.3) is 11.4 Å². The molecular weight excluding hydrogens is 251 g/mol. The number of aryl methyl sites for hydroxylation is 2. The van der Waals surface area contributed by atoms with Gasteiger partial charge in [0.15, 0.2) is 5.82 Å². The number of hydrogen-bond acceptors (Lipinski definition) is 2. The molecule has 1 aliphatic rings. The van der Waals surface area contributed by atoms with Crippen LogP contribution in [0, 0.1) is 12.7 Å². The van der Waals surface area contributed by atoms with E-state index in [-0.39, 0.29) is 5.82 Å². The zero-order valence-corrected chi connectivity index (χ0v) is 10.8. The van der Waals surface area contributed by atoms with Gasteiger partial charge in [-0.25, -0.2) is 14.4 Å². The molecular formula is C14H12ClFN2. The second-order valence-corrected chi connectivity index (χ2v) is 4.93. The van der Waals surface area contributed by atoms with Crippen LogP contribution in [-0.4, -0.2) is 9.97 Å².